The van der Waals surface area contributed by atoms with Crippen LogP contribution in [0.3, 0.4) is 0 Å². The molecule has 1 heterocycles. The minimum atomic E-state index is 0.653. The predicted molar refractivity (Wildman–Crippen MR) is 82.4 cm³/mol. The van der Waals surface area contributed by atoms with E-state index in [1.807, 2.05) is 12.1 Å². The summed E-state index contributed by atoms with van der Waals surface area (Å²) in [5.41, 5.74) is 3.24. The monoisotopic (exact) mass is 332 g/mol. The third kappa shape index (κ3) is 2.83. The summed E-state index contributed by atoms with van der Waals surface area (Å²) >= 11 is 5.22. The molecule has 0 bridgehead atoms. The highest BCUT2D eigenvalue weighted by atomic mass is 79.9. The summed E-state index contributed by atoms with van der Waals surface area (Å²) in [5.74, 6) is 0. The molecule has 0 N–H and O–H groups in total. The van der Waals surface area contributed by atoms with Crippen LogP contribution in [0.25, 0.3) is 0 Å². The molecule has 0 spiro atoms. The van der Waals surface area contributed by atoms with E-state index >= 15 is 0 Å². The minimum Gasteiger partial charge on any atom is -0.364 e. The van der Waals surface area contributed by atoms with Crippen LogP contribution in [0.2, 0.25) is 0 Å². The Morgan fingerprint density at radius 1 is 1.37 bits per heavy atom. The quantitative estimate of drug-likeness (QED) is 0.821. The van der Waals surface area contributed by atoms with Gasteiger partial charge in [-0.2, -0.15) is 16.6 Å². The van der Waals surface area contributed by atoms with Gasteiger partial charge in [0.25, 0.3) is 0 Å². The van der Waals surface area contributed by atoms with Gasteiger partial charge in [-0.25, -0.2) is 0 Å². The van der Waals surface area contributed by atoms with Crippen molar-refractivity contribution in [3.8, 4) is 6.07 Å². The van der Waals surface area contributed by atoms with E-state index in [1.54, 1.807) is 11.3 Å². The van der Waals surface area contributed by atoms with Gasteiger partial charge >= 0.3 is 0 Å². The van der Waals surface area contributed by atoms with E-state index in [9.17, 15) is 0 Å². The van der Waals surface area contributed by atoms with Gasteiger partial charge in [0.1, 0.15) is 6.07 Å². The molecule has 1 aliphatic carbocycles. The summed E-state index contributed by atoms with van der Waals surface area (Å²) in [7, 11) is 0. The molecular weight excluding hydrogens is 320 g/mol. The van der Waals surface area contributed by atoms with Crippen LogP contribution in [0.1, 0.15) is 24.0 Å². The van der Waals surface area contributed by atoms with Crippen molar-refractivity contribution >= 4 is 33.0 Å². The van der Waals surface area contributed by atoms with Crippen molar-refractivity contribution in [2.75, 3.05) is 4.90 Å². The summed E-state index contributed by atoms with van der Waals surface area (Å²) in [6, 6.07) is 11.0. The molecule has 4 heteroatoms. The first-order valence-corrected chi connectivity index (χ1v) is 7.99. The van der Waals surface area contributed by atoms with Crippen LogP contribution in [0, 0.1) is 11.3 Å². The second-order valence-corrected chi connectivity index (χ2v) is 6.40. The number of rotatable bonds is 4. The number of anilines is 1. The molecule has 0 radical (unpaired) electrons. The lowest BCUT2D eigenvalue weighted by Crippen LogP contribution is -2.24. The topological polar surface area (TPSA) is 27.0 Å². The van der Waals surface area contributed by atoms with Crippen molar-refractivity contribution in [1.82, 2.24) is 0 Å². The molecule has 2 nitrogen and oxygen atoms in total. The smallest absolute Gasteiger partial charge is 0.100 e. The second-order valence-electron chi connectivity index (χ2n) is 4.77. The van der Waals surface area contributed by atoms with Gasteiger partial charge < -0.3 is 4.90 Å². The lowest BCUT2D eigenvalue weighted by atomic mass is 10.2. The average molecular weight is 333 g/mol. The molecule has 96 valence electrons. The van der Waals surface area contributed by atoms with Crippen molar-refractivity contribution in [2.45, 2.75) is 25.4 Å². The number of thiophene rings is 1. The molecule has 1 fully saturated rings. The zero-order chi connectivity index (χ0) is 13.2. The largest absolute Gasteiger partial charge is 0.364 e. The average Bonchev–Trinajstić information content (AvgIpc) is 3.13. The third-order valence-electron chi connectivity index (χ3n) is 3.33. The fourth-order valence-corrected chi connectivity index (χ4v) is 3.29. The summed E-state index contributed by atoms with van der Waals surface area (Å²) in [5, 5.41) is 13.3. The van der Waals surface area contributed by atoms with Crippen LogP contribution in [0.4, 0.5) is 5.69 Å². The number of benzene rings is 1. The fraction of sp³-hybridized carbons (Fsp3) is 0.267. The Labute approximate surface area is 125 Å². The zero-order valence-electron chi connectivity index (χ0n) is 10.3. The number of halogens is 1. The van der Waals surface area contributed by atoms with E-state index in [0.717, 1.165) is 11.0 Å². The maximum atomic E-state index is 8.98. The molecule has 1 aromatic heterocycles. The summed E-state index contributed by atoms with van der Waals surface area (Å²) in [6.07, 6.45) is 2.53. The van der Waals surface area contributed by atoms with Gasteiger partial charge in [0.15, 0.2) is 0 Å². The first-order chi connectivity index (χ1) is 9.28. The van der Waals surface area contributed by atoms with Crippen LogP contribution in [-0.2, 0) is 6.54 Å². The van der Waals surface area contributed by atoms with E-state index in [1.165, 1.54) is 24.1 Å². The number of hydrogen-bond donors (Lipinski definition) is 0. The van der Waals surface area contributed by atoms with Crippen LogP contribution >= 0.6 is 27.3 Å². The highest BCUT2D eigenvalue weighted by molar-refractivity contribution is 9.10. The Morgan fingerprint density at radius 2 is 2.21 bits per heavy atom. The van der Waals surface area contributed by atoms with Crippen LogP contribution in [0.15, 0.2) is 39.5 Å². The molecule has 0 amide bonds. The first-order valence-electron chi connectivity index (χ1n) is 6.25. The molecule has 0 atom stereocenters. The number of nitrogens with zero attached hydrogens (tertiary/aromatic N) is 2. The van der Waals surface area contributed by atoms with Gasteiger partial charge in [0.05, 0.1) is 5.56 Å². The highest BCUT2D eigenvalue weighted by Gasteiger charge is 2.29. The number of nitriles is 1. The standard InChI is InChI=1S/C15H13BrN2S/c16-15-7-14(2-1-12(15)8-17)18(13-3-4-13)9-11-5-6-19-10-11/h1-2,5-7,10,13H,3-4,9H2. The van der Waals surface area contributed by atoms with Gasteiger partial charge in [0, 0.05) is 22.7 Å². The molecule has 0 aliphatic heterocycles. The van der Waals surface area contributed by atoms with Crippen LogP contribution in [0.5, 0.6) is 0 Å². The van der Waals surface area contributed by atoms with Crippen molar-refractivity contribution in [2.24, 2.45) is 0 Å². The van der Waals surface area contributed by atoms with Crippen LogP contribution < -0.4 is 4.90 Å². The first kappa shape index (κ1) is 12.7. The zero-order valence-corrected chi connectivity index (χ0v) is 12.7. The Morgan fingerprint density at radius 3 is 2.79 bits per heavy atom. The van der Waals surface area contributed by atoms with Gasteiger partial charge in [-0.1, -0.05) is 0 Å². The van der Waals surface area contributed by atoms with Crippen molar-refractivity contribution < 1.29 is 0 Å². The molecule has 2 aromatic rings. The summed E-state index contributed by atoms with van der Waals surface area (Å²) in [4.78, 5) is 2.44. The molecule has 0 unspecified atom stereocenters. The lowest BCUT2D eigenvalue weighted by Gasteiger charge is -2.24. The Hall–Kier alpha value is -1.31. The van der Waals surface area contributed by atoms with E-state index in [-0.39, 0.29) is 0 Å². The predicted octanol–water partition coefficient (Wildman–Crippen LogP) is 4.55. The van der Waals surface area contributed by atoms with Crippen molar-refractivity contribution in [3.63, 3.8) is 0 Å². The van der Waals surface area contributed by atoms with E-state index in [2.05, 4.69) is 49.8 Å². The molecular formula is C15H13BrN2S. The molecule has 3 rings (SSSR count). The Kier molecular flexibility index (Phi) is 3.58. The van der Waals surface area contributed by atoms with Crippen molar-refractivity contribution in [1.29, 1.82) is 5.26 Å². The van der Waals surface area contributed by atoms with Gasteiger partial charge in [-0.3, -0.25) is 0 Å². The van der Waals surface area contributed by atoms with Gasteiger partial charge in [-0.15, -0.1) is 0 Å². The third-order valence-corrected chi connectivity index (χ3v) is 4.71. The number of hydrogen-bond acceptors (Lipinski definition) is 3. The van der Waals surface area contributed by atoms with Crippen molar-refractivity contribution in [3.05, 3.63) is 50.6 Å². The second kappa shape index (κ2) is 5.36. The Balaban J connectivity index is 1.88. The van der Waals surface area contributed by atoms with E-state index in [0.29, 0.717) is 11.6 Å². The van der Waals surface area contributed by atoms with E-state index < -0.39 is 0 Å². The maximum absolute atomic E-state index is 8.98. The summed E-state index contributed by atoms with van der Waals surface area (Å²) < 4.78 is 0.878. The van der Waals surface area contributed by atoms with Gasteiger partial charge in [-0.05, 0) is 69.4 Å². The van der Waals surface area contributed by atoms with Gasteiger partial charge in [0.2, 0.25) is 0 Å². The molecule has 1 saturated carbocycles. The molecule has 0 saturated heterocycles. The van der Waals surface area contributed by atoms with E-state index in [4.69, 9.17) is 5.26 Å². The SMILES string of the molecule is N#Cc1ccc(N(Cc2ccsc2)C2CC2)cc1Br. The molecule has 19 heavy (non-hydrogen) atoms. The fourth-order valence-electron chi connectivity index (χ4n) is 2.17. The lowest BCUT2D eigenvalue weighted by molar-refractivity contribution is 0.796. The van der Waals surface area contributed by atoms with Crippen LogP contribution in [-0.4, -0.2) is 6.04 Å². The maximum Gasteiger partial charge on any atom is 0.100 e. The molecule has 1 aromatic carbocycles. The minimum absolute atomic E-state index is 0.653. The normalized spacial score (nSPS) is 14.1. The summed E-state index contributed by atoms with van der Waals surface area (Å²) in [6.45, 7) is 0.951. The Bertz CT molecular complexity index is 612. The highest BCUT2D eigenvalue weighted by Crippen LogP contribution is 2.35. The molecule has 1 aliphatic rings.